The molecule has 0 aliphatic heterocycles. The van der Waals surface area contributed by atoms with Crippen molar-refractivity contribution in [3.63, 3.8) is 0 Å². The highest BCUT2D eigenvalue weighted by Crippen LogP contribution is 2.36. The van der Waals surface area contributed by atoms with Crippen LogP contribution in [0.3, 0.4) is 0 Å². The van der Waals surface area contributed by atoms with Crippen molar-refractivity contribution in [2.75, 3.05) is 44.2 Å². The van der Waals surface area contributed by atoms with Gasteiger partial charge in [-0.3, -0.25) is 0 Å². The highest BCUT2D eigenvalue weighted by Gasteiger charge is 2.33. The van der Waals surface area contributed by atoms with Crippen LogP contribution in [0.1, 0.15) is 35.5 Å². The highest BCUT2D eigenvalue weighted by atomic mass is 31.1. The predicted molar refractivity (Wildman–Crippen MR) is 131 cm³/mol. The van der Waals surface area contributed by atoms with Crippen molar-refractivity contribution in [2.24, 2.45) is 0 Å². The zero-order chi connectivity index (χ0) is 24.3. The molecule has 1 unspecified atom stereocenters. The summed E-state index contributed by atoms with van der Waals surface area (Å²) in [4.78, 5) is 9.20. The lowest BCUT2D eigenvalue weighted by atomic mass is 9.97. The van der Waals surface area contributed by atoms with Gasteiger partial charge in [0.2, 0.25) is 0 Å². The van der Waals surface area contributed by atoms with Crippen molar-refractivity contribution in [1.29, 1.82) is 0 Å². The summed E-state index contributed by atoms with van der Waals surface area (Å²) >= 11 is 0. The molecule has 33 heavy (non-hydrogen) atoms. The minimum atomic E-state index is -4.39. The van der Waals surface area contributed by atoms with E-state index in [0.29, 0.717) is 30.4 Å². The first-order valence-electron chi connectivity index (χ1n) is 10.7. The molecule has 9 heteroatoms. The second-order valence-corrected chi connectivity index (χ2v) is 10.5. The third-order valence-electron chi connectivity index (χ3n) is 5.53. The van der Waals surface area contributed by atoms with E-state index in [9.17, 15) is 13.2 Å². The molecule has 3 aromatic rings. The highest BCUT2D eigenvalue weighted by molar-refractivity contribution is 7.64. The number of hydrogen-bond acceptors (Lipinski definition) is 5. The Labute approximate surface area is 193 Å². The number of fused-ring (bicyclic) bond motifs is 1. The van der Waals surface area contributed by atoms with Crippen molar-refractivity contribution in [3.8, 4) is 0 Å². The van der Waals surface area contributed by atoms with Crippen molar-refractivity contribution < 1.29 is 17.9 Å². The molecule has 0 bridgehead atoms. The largest absolute Gasteiger partial charge is 0.416 e. The Morgan fingerprint density at radius 1 is 1.12 bits per heavy atom. The van der Waals surface area contributed by atoms with E-state index in [-0.39, 0.29) is 11.6 Å². The Kier molecular flexibility index (Phi) is 7.80. The second-order valence-electron chi connectivity index (χ2n) is 8.20. The first kappa shape index (κ1) is 25.2. The monoisotopic (exact) mass is 478 g/mol. The van der Waals surface area contributed by atoms with Crippen molar-refractivity contribution in [1.82, 2.24) is 9.97 Å². The Balaban J connectivity index is 2.04. The summed E-state index contributed by atoms with van der Waals surface area (Å²) in [7, 11) is 1.24. The maximum Gasteiger partial charge on any atom is 0.416 e. The molecule has 0 radical (unpaired) electrons. The molecule has 1 atom stereocenters. The average Bonchev–Trinajstić information content (AvgIpc) is 2.72. The van der Waals surface area contributed by atoms with Crippen LogP contribution in [0.4, 0.5) is 24.7 Å². The van der Waals surface area contributed by atoms with Crippen LogP contribution in [-0.2, 0) is 10.9 Å². The van der Waals surface area contributed by atoms with Gasteiger partial charge in [0.15, 0.2) is 0 Å². The van der Waals surface area contributed by atoms with E-state index < -0.39 is 19.7 Å². The number of aryl methyl sites for hydroxylation is 1. The standard InChI is InChI=1S/C24H30F3N4OP/c1-14-17(8-7-9-19(14)24(25,26)27)15(2)29-23-18-12-22(33(5)6)21(28-10-11-32-4)13-20(18)30-16(3)31-23/h7-9,12-13,15,28H,10-11H2,1-6H3,(H,29,30,31). The van der Waals surface area contributed by atoms with Crippen LogP contribution in [0.5, 0.6) is 0 Å². The Morgan fingerprint density at radius 3 is 2.48 bits per heavy atom. The molecular formula is C24H30F3N4OP. The molecule has 178 valence electrons. The molecule has 0 aliphatic carbocycles. The van der Waals surface area contributed by atoms with Crippen molar-refractivity contribution in [2.45, 2.75) is 33.0 Å². The summed E-state index contributed by atoms with van der Waals surface area (Å²) in [5.74, 6) is 1.20. The van der Waals surface area contributed by atoms with Crippen molar-refractivity contribution in [3.05, 3.63) is 52.8 Å². The van der Waals surface area contributed by atoms with E-state index in [1.54, 1.807) is 13.2 Å². The van der Waals surface area contributed by atoms with Crippen LogP contribution in [-0.4, -0.2) is 43.6 Å². The Bertz CT molecular complexity index is 1130. The summed E-state index contributed by atoms with van der Waals surface area (Å²) in [5, 5.41) is 8.79. The minimum absolute atomic E-state index is 0.219. The van der Waals surface area contributed by atoms with Gasteiger partial charge in [-0.25, -0.2) is 9.97 Å². The predicted octanol–water partition coefficient (Wildman–Crippen LogP) is 5.86. The molecule has 0 fully saturated rings. The Hall–Kier alpha value is -2.44. The van der Waals surface area contributed by atoms with E-state index in [4.69, 9.17) is 4.74 Å². The van der Waals surface area contributed by atoms with Crippen molar-refractivity contribution >= 4 is 35.6 Å². The van der Waals surface area contributed by atoms with Gasteiger partial charge in [0.05, 0.1) is 23.7 Å². The van der Waals surface area contributed by atoms with E-state index in [0.717, 1.165) is 22.7 Å². The summed E-state index contributed by atoms with van der Waals surface area (Å²) in [5.41, 5.74) is 1.98. The van der Waals surface area contributed by atoms with Gasteiger partial charge in [-0.15, -0.1) is 0 Å². The summed E-state index contributed by atoms with van der Waals surface area (Å²) in [6.07, 6.45) is -4.39. The molecule has 2 N–H and O–H groups in total. The topological polar surface area (TPSA) is 59.1 Å². The maximum absolute atomic E-state index is 13.4. The number of nitrogens with one attached hydrogen (secondary N) is 2. The third-order valence-corrected chi connectivity index (χ3v) is 6.86. The summed E-state index contributed by atoms with van der Waals surface area (Å²) in [6.45, 7) is 10.8. The molecule has 1 heterocycles. The number of aromatic nitrogens is 2. The Morgan fingerprint density at radius 2 is 1.85 bits per heavy atom. The quantitative estimate of drug-likeness (QED) is 0.314. The van der Waals surface area contributed by atoms with Crippen LogP contribution >= 0.6 is 7.92 Å². The molecule has 0 amide bonds. The normalized spacial score (nSPS) is 12.9. The van der Waals surface area contributed by atoms with Gasteiger partial charge in [0, 0.05) is 24.7 Å². The lowest BCUT2D eigenvalue weighted by Crippen LogP contribution is -2.17. The number of halogens is 3. The van der Waals surface area contributed by atoms with Crippen LogP contribution in [0.15, 0.2) is 30.3 Å². The number of alkyl halides is 3. The number of anilines is 2. The molecule has 0 spiro atoms. The summed E-state index contributed by atoms with van der Waals surface area (Å²) in [6, 6.07) is 8.01. The van der Waals surface area contributed by atoms with Crippen LogP contribution < -0.4 is 15.9 Å². The van der Waals surface area contributed by atoms with Crippen LogP contribution in [0, 0.1) is 13.8 Å². The van der Waals surface area contributed by atoms with E-state index in [1.165, 1.54) is 18.3 Å². The smallest absolute Gasteiger partial charge is 0.383 e. The number of benzene rings is 2. The molecule has 0 aliphatic rings. The molecule has 5 nitrogen and oxygen atoms in total. The number of nitrogens with zero attached hydrogens (tertiary/aromatic N) is 2. The van der Waals surface area contributed by atoms with Gasteiger partial charge in [-0.2, -0.15) is 13.2 Å². The zero-order valence-electron chi connectivity index (χ0n) is 19.8. The van der Waals surface area contributed by atoms with Gasteiger partial charge in [0.1, 0.15) is 11.6 Å². The molecule has 1 aromatic heterocycles. The number of methoxy groups -OCH3 is 1. The number of rotatable bonds is 8. The summed E-state index contributed by atoms with van der Waals surface area (Å²) < 4.78 is 45.3. The van der Waals surface area contributed by atoms with E-state index >= 15 is 0 Å². The van der Waals surface area contributed by atoms with Gasteiger partial charge in [-0.05, 0) is 68.7 Å². The average molecular weight is 478 g/mol. The molecule has 2 aromatic carbocycles. The zero-order valence-corrected chi connectivity index (χ0v) is 20.7. The molecular weight excluding hydrogens is 448 g/mol. The fourth-order valence-corrected chi connectivity index (χ4v) is 4.91. The van der Waals surface area contributed by atoms with Gasteiger partial charge in [0.25, 0.3) is 0 Å². The van der Waals surface area contributed by atoms with Gasteiger partial charge >= 0.3 is 6.18 Å². The lowest BCUT2D eigenvalue weighted by molar-refractivity contribution is -0.138. The first-order valence-corrected chi connectivity index (χ1v) is 12.9. The van der Waals surface area contributed by atoms with Gasteiger partial charge in [-0.1, -0.05) is 20.1 Å². The van der Waals surface area contributed by atoms with E-state index in [1.807, 2.05) is 19.9 Å². The fraction of sp³-hybridized carbons (Fsp3) is 0.417. The molecule has 0 saturated heterocycles. The van der Waals surface area contributed by atoms with Crippen LogP contribution in [0.25, 0.3) is 10.9 Å². The third kappa shape index (κ3) is 5.74. The first-order chi connectivity index (χ1) is 15.5. The second kappa shape index (κ2) is 10.2. The van der Waals surface area contributed by atoms with E-state index in [2.05, 4.69) is 40.0 Å². The SMILES string of the molecule is COCCNc1cc2nc(C)nc(NC(C)c3cccc(C(F)(F)F)c3C)c2cc1P(C)C. The number of hydrogen-bond donors (Lipinski definition) is 2. The maximum atomic E-state index is 13.4. The number of ether oxygens (including phenoxy) is 1. The molecule has 3 rings (SSSR count). The fourth-order valence-electron chi connectivity index (χ4n) is 3.90. The minimum Gasteiger partial charge on any atom is -0.383 e. The van der Waals surface area contributed by atoms with Crippen LogP contribution in [0.2, 0.25) is 0 Å². The lowest BCUT2D eigenvalue weighted by Gasteiger charge is -2.22. The van der Waals surface area contributed by atoms with Gasteiger partial charge < -0.3 is 15.4 Å². The molecule has 0 saturated carbocycles.